The van der Waals surface area contributed by atoms with E-state index in [1.54, 1.807) is 25.3 Å². The van der Waals surface area contributed by atoms with Gasteiger partial charge < -0.3 is 5.11 Å². The molecule has 0 aliphatic rings. The molecule has 130 valence electrons. The van der Waals surface area contributed by atoms with Crippen LogP contribution >= 0.6 is 11.6 Å². The molecule has 25 heavy (non-hydrogen) atoms. The lowest BCUT2D eigenvalue weighted by atomic mass is 10.2. The smallest absolute Gasteiger partial charge is 0.210 e. The molecule has 0 saturated carbocycles. The Hall–Kier alpha value is -2.06. The van der Waals surface area contributed by atoms with E-state index < -0.39 is 11.1 Å². The summed E-state index contributed by atoms with van der Waals surface area (Å²) in [4.78, 5) is 8.52. The molecule has 0 amide bonds. The molecule has 2 N–H and O–H groups in total. The summed E-state index contributed by atoms with van der Waals surface area (Å²) in [6.07, 6.45) is 2.32. The Balaban J connectivity index is 1.70. The highest BCUT2D eigenvalue weighted by molar-refractivity contribution is 7.80. The van der Waals surface area contributed by atoms with Gasteiger partial charge in [0, 0.05) is 35.9 Å². The van der Waals surface area contributed by atoms with Gasteiger partial charge in [-0.05, 0) is 37.3 Å². The topological polar surface area (TPSA) is 84.3 Å². The monoisotopic (exact) mass is 377 g/mol. The predicted octanol–water partition coefficient (Wildman–Crippen LogP) is 3.08. The largest absolute Gasteiger partial charge is 0.504 e. The van der Waals surface area contributed by atoms with Crippen LogP contribution in [0.15, 0.2) is 47.5 Å². The Labute approximate surface area is 152 Å². The molecule has 0 aliphatic heterocycles. The number of hydroxylamine groups is 1. The van der Waals surface area contributed by atoms with Gasteiger partial charge in [-0.15, -0.1) is 0 Å². The van der Waals surface area contributed by atoms with Crippen LogP contribution in [-0.2, 0) is 21.8 Å². The van der Waals surface area contributed by atoms with Crippen molar-refractivity contribution in [1.29, 1.82) is 0 Å². The number of pyridine rings is 2. The second kappa shape index (κ2) is 7.88. The Morgan fingerprint density at radius 2 is 2.16 bits per heavy atom. The van der Waals surface area contributed by atoms with Crippen molar-refractivity contribution in [2.75, 3.05) is 6.54 Å². The molecule has 8 heteroatoms. The fourth-order valence-electron chi connectivity index (χ4n) is 2.30. The van der Waals surface area contributed by atoms with Crippen LogP contribution in [0.2, 0.25) is 5.02 Å². The molecule has 6 nitrogen and oxygen atoms in total. The zero-order valence-corrected chi connectivity index (χ0v) is 15.0. The van der Waals surface area contributed by atoms with Gasteiger partial charge in [0.15, 0.2) is 5.75 Å². The summed E-state index contributed by atoms with van der Waals surface area (Å²) in [7, 11) is 0. The molecule has 0 bridgehead atoms. The van der Waals surface area contributed by atoms with E-state index in [2.05, 4.69) is 15.4 Å². The van der Waals surface area contributed by atoms with E-state index in [9.17, 15) is 9.32 Å². The second-order valence-corrected chi connectivity index (χ2v) is 6.82. The minimum Gasteiger partial charge on any atom is -0.504 e. The zero-order valence-electron chi connectivity index (χ0n) is 13.4. The summed E-state index contributed by atoms with van der Waals surface area (Å²) in [6, 6.07) is 10.6. The van der Waals surface area contributed by atoms with Gasteiger partial charge in [0.25, 0.3) is 0 Å². The number of halogens is 1. The summed E-state index contributed by atoms with van der Waals surface area (Å²) in [6.45, 7) is 2.22. The molecule has 2 heterocycles. The molecule has 2 aromatic heterocycles. The summed E-state index contributed by atoms with van der Waals surface area (Å²) in [5, 5.41) is 11.3. The van der Waals surface area contributed by atoms with Crippen molar-refractivity contribution >= 4 is 33.6 Å². The first kappa shape index (κ1) is 17.8. The van der Waals surface area contributed by atoms with E-state index >= 15 is 0 Å². The number of aromatic hydroxyl groups is 1. The summed E-state index contributed by atoms with van der Waals surface area (Å²) in [5.74, 6) is -0.201. The average molecular weight is 378 g/mol. The number of rotatable bonds is 6. The van der Waals surface area contributed by atoms with Crippen LogP contribution in [0.25, 0.3) is 10.9 Å². The molecule has 1 aromatic carbocycles. The molecule has 3 aromatic rings. The lowest BCUT2D eigenvalue weighted by molar-refractivity contribution is 0.222. The number of hydrogen-bond acceptors (Lipinski definition) is 6. The molecule has 1 atom stereocenters. The number of nitrogens with zero attached hydrogens (tertiary/aromatic N) is 2. The Morgan fingerprint density at radius 3 is 2.92 bits per heavy atom. The molecule has 0 spiro atoms. The van der Waals surface area contributed by atoms with Crippen molar-refractivity contribution in [3.63, 3.8) is 0 Å². The van der Waals surface area contributed by atoms with Crippen LogP contribution in [0.5, 0.6) is 5.75 Å². The number of phenolic OH excluding ortho intramolecular Hbond substituents is 1. The van der Waals surface area contributed by atoms with E-state index in [4.69, 9.17) is 15.9 Å². The first-order chi connectivity index (χ1) is 12.1. The molecular weight excluding hydrogens is 362 g/mol. The van der Waals surface area contributed by atoms with Gasteiger partial charge in [-0.2, -0.15) is 9.76 Å². The third kappa shape index (κ3) is 4.13. The van der Waals surface area contributed by atoms with Gasteiger partial charge in [0.1, 0.15) is 10.4 Å². The van der Waals surface area contributed by atoms with Crippen LogP contribution in [0, 0.1) is 6.92 Å². The molecule has 0 fully saturated rings. The van der Waals surface area contributed by atoms with Crippen LogP contribution in [0.1, 0.15) is 11.4 Å². The SMILES string of the molecule is Cc1ccc2c(Cl)cc(S(=O)ONCCc3ccccn3)c(O)c2n1. The number of aryl methyl sites for hydroxylation is 1. The fraction of sp³-hybridized carbons (Fsp3) is 0.176. The Morgan fingerprint density at radius 1 is 1.32 bits per heavy atom. The normalized spacial score (nSPS) is 12.4. The summed E-state index contributed by atoms with van der Waals surface area (Å²) >= 11 is 4.27. The third-order valence-corrected chi connectivity index (χ3v) is 4.78. The minimum absolute atomic E-state index is 0.0703. The van der Waals surface area contributed by atoms with Crippen molar-refractivity contribution in [3.8, 4) is 5.75 Å². The van der Waals surface area contributed by atoms with E-state index in [1.165, 1.54) is 6.07 Å². The molecule has 0 radical (unpaired) electrons. The van der Waals surface area contributed by atoms with Crippen LogP contribution in [-0.4, -0.2) is 25.8 Å². The van der Waals surface area contributed by atoms with E-state index in [0.717, 1.165) is 11.4 Å². The maximum atomic E-state index is 12.3. The predicted molar refractivity (Wildman–Crippen MR) is 96.6 cm³/mol. The lowest BCUT2D eigenvalue weighted by Gasteiger charge is -2.10. The number of hydrogen-bond donors (Lipinski definition) is 2. The number of fused-ring (bicyclic) bond motifs is 1. The second-order valence-electron chi connectivity index (χ2n) is 5.34. The average Bonchev–Trinajstić information content (AvgIpc) is 2.62. The van der Waals surface area contributed by atoms with Crippen molar-refractivity contribution in [3.05, 3.63) is 59.0 Å². The van der Waals surface area contributed by atoms with Gasteiger partial charge in [-0.3, -0.25) is 4.98 Å². The molecule has 3 rings (SSSR count). The highest BCUT2D eigenvalue weighted by Crippen LogP contribution is 2.35. The van der Waals surface area contributed by atoms with Gasteiger partial charge >= 0.3 is 0 Å². The van der Waals surface area contributed by atoms with E-state index in [-0.39, 0.29) is 10.6 Å². The van der Waals surface area contributed by atoms with Crippen molar-refractivity contribution < 1.29 is 13.6 Å². The standard InChI is InChI=1S/C17H16ClN3O3S/c1-11-5-6-13-14(18)10-15(17(22)16(13)21-11)25(23)24-20-9-7-12-4-2-3-8-19-12/h2-6,8,10,20,22H,7,9H2,1H3. The Kier molecular flexibility index (Phi) is 5.60. The fourth-order valence-corrected chi connectivity index (χ4v) is 3.38. The van der Waals surface area contributed by atoms with Crippen molar-refractivity contribution in [2.45, 2.75) is 18.2 Å². The number of nitrogens with one attached hydrogen (secondary N) is 1. The highest BCUT2D eigenvalue weighted by atomic mass is 35.5. The van der Waals surface area contributed by atoms with E-state index in [1.807, 2.05) is 18.2 Å². The summed E-state index contributed by atoms with van der Waals surface area (Å²) in [5.41, 5.74) is 4.53. The third-order valence-electron chi connectivity index (χ3n) is 3.53. The molecule has 1 unspecified atom stereocenters. The first-order valence-electron chi connectivity index (χ1n) is 7.57. The maximum Gasteiger partial charge on any atom is 0.210 e. The Bertz CT molecular complexity index is 922. The first-order valence-corrected chi connectivity index (χ1v) is 9.02. The summed E-state index contributed by atoms with van der Waals surface area (Å²) < 4.78 is 17.4. The molecule has 0 saturated heterocycles. The number of phenols is 1. The van der Waals surface area contributed by atoms with Gasteiger partial charge in [-0.1, -0.05) is 17.7 Å². The molecule has 0 aliphatic carbocycles. The molecular formula is C17H16ClN3O3S. The number of aromatic nitrogens is 2. The minimum atomic E-state index is -1.93. The number of benzene rings is 1. The van der Waals surface area contributed by atoms with Gasteiger partial charge in [-0.25, -0.2) is 9.19 Å². The van der Waals surface area contributed by atoms with E-state index in [0.29, 0.717) is 28.9 Å². The quantitative estimate of drug-likeness (QED) is 0.507. The van der Waals surface area contributed by atoms with Crippen molar-refractivity contribution in [1.82, 2.24) is 15.4 Å². The van der Waals surface area contributed by atoms with Crippen LogP contribution in [0.3, 0.4) is 0 Å². The van der Waals surface area contributed by atoms with Gasteiger partial charge in [0.05, 0.1) is 5.02 Å². The van der Waals surface area contributed by atoms with Crippen LogP contribution < -0.4 is 5.48 Å². The maximum absolute atomic E-state index is 12.3. The zero-order chi connectivity index (χ0) is 17.8. The highest BCUT2D eigenvalue weighted by Gasteiger charge is 2.17. The van der Waals surface area contributed by atoms with Gasteiger partial charge in [0.2, 0.25) is 11.1 Å². The van der Waals surface area contributed by atoms with Crippen LogP contribution in [0.4, 0.5) is 0 Å². The van der Waals surface area contributed by atoms with Crippen molar-refractivity contribution in [2.24, 2.45) is 0 Å². The lowest BCUT2D eigenvalue weighted by Crippen LogP contribution is -2.19.